The summed E-state index contributed by atoms with van der Waals surface area (Å²) < 4.78 is 44.3. The van der Waals surface area contributed by atoms with E-state index in [-0.39, 0.29) is 38.1 Å². The van der Waals surface area contributed by atoms with Gasteiger partial charge in [-0.25, -0.2) is 4.79 Å². The number of nitrogens with zero attached hydrogens (tertiary/aromatic N) is 3. The van der Waals surface area contributed by atoms with E-state index < -0.39 is 29.0 Å². The summed E-state index contributed by atoms with van der Waals surface area (Å²) in [6, 6.07) is 6.96. The molecule has 1 aliphatic heterocycles. The van der Waals surface area contributed by atoms with Crippen LogP contribution in [-0.4, -0.2) is 58.6 Å². The number of carbonyl (C=O) groups excluding carboxylic acids is 2. The fourth-order valence-corrected chi connectivity index (χ4v) is 4.44. The number of rotatable bonds is 6. The quantitative estimate of drug-likeness (QED) is 0.631. The van der Waals surface area contributed by atoms with Crippen LogP contribution in [0.5, 0.6) is 0 Å². The lowest BCUT2D eigenvalue weighted by Crippen LogP contribution is -2.72. The van der Waals surface area contributed by atoms with E-state index in [2.05, 4.69) is 11.4 Å². The van der Waals surface area contributed by atoms with Crippen LogP contribution in [-0.2, 0) is 22.3 Å². The second-order valence-corrected chi connectivity index (χ2v) is 10.4. The molecule has 2 fully saturated rings. The van der Waals surface area contributed by atoms with Gasteiger partial charge in [-0.15, -0.1) is 0 Å². The number of likely N-dealkylation sites (tertiary alicyclic amines) is 1. The molecular weight excluding hydrogens is 461 g/mol. The summed E-state index contributed by atoms with van der Waals surface area (Å²) in [5.74, 6) is -0.333. The van der Waals surface area contributed by atoms with E-state index in [1.165, 1.54) is 28.4 Å². The molecule has 192 valence electrons. The van der Waals surface area contributed by atoms with E-state index in [1.54, 1.807) is 20.8 Å². The van der Waals surface area contributed by atoms with E-state index in [0.29, 0.717) is 5.56 Å². The third kappa shape index (κ3) is 6.88. The van der Waals surface area contributed by atoms with Gasteiger partial charge in [0.15, 0.2) is 5.54 Å². The molecule has 35 heavy (non-hydrogen) atoms. The van der Waals surface area contributed by atoms with E-state index in [9.17, 15) is 28.0 Å². The number of benzene rings is 1. The first-order valence-corrected chi connectivity index (χ1v) is 11.9. The summed E-state index contributed by atoms with van der Waals surface area (Å²) in [6.07, 6.45) is 0.259. The number of hydrogen-bond donors (Lipinski definition) is 1. The van der Waals surface area contributed by atoms with Gasteiger partial charge in [-0.1, -0.05) is 31.4 Å². The average Bonchev–Trinajstić information content (AvgIpc) is 2.75. The summed E-state index contributed by atoms with van der Waals surface area (Å²) in [4.78, 5) is 28.5. The number of halogens is 3. The zero-order valence-corrected chi connectivity index (χ0v) is 20.5. The normalized spacial score (nSPS) is 18.4. The van der Waals surface area contributed by atoms with Gasteiger partial charge in [0.2, 0.25) is 5.91 Å². The van der Waals surface area contributed by atoms with Crippen molar-refractivity contribution in [3.8, 4) is 6.07 Å². The van der Waals surface area contributed by atoms with Gasteiger partial charge in [-0.2, -0.15) is 18.4 Å². The molecule has 1 aromatic carbocycles. The molecule has 1 aromatic rings. The Bertz CT molecular complexity index is 939. The molecule has 3 rings (SSSR count). The molecular formula is C25H33F3N4O3. The summed E-state index contributed by atoms with van der Waals surface area (Å²) >= 11 is 0. The summed E-state index contributed by atoms with van der Waals surface area (Å²) in [7, 11) is 0. The van der Waals surface area contributed by atoms with Gasteiger partial charge in [0.25, 0.3) is 0 Å². The van der Waals surface area contributed by atoms with Crippen LogP contribution in [0.15, 0.2) is 24.3 Å². The van der Waals surface area contributed by atoms with Crippen molar-refractivity contribution in [2.75, 3.05) is 19.6 Å². The van der Waals surface area contributed by atoms with E-state index in [4.69, 9.17) is 4.74 Å². The maximum absolute atomic E-state index is 13.3. The molecule has 1 saturated heterocycles. The monoisotopic (exact) mass is 494 g/mol. The maximum Gasteiger partial charge on any atom is 0.416 e. The molecule has 0 unspecified atom stereocenters. The smallest absolute Gasteiger partial charge is 0.416 e. The van der Waals surface area contributed by atoms with Gasteiger partial charge < -0.3 is 19.9 Å². The molecule has 0 spiro atoms. The van der Waals surface area contributed by atoms with Crippen molar-refractivity contribution in [2.24, 2.45) is 0 Å². The molecule has 2 aliphatic rings. The molecule has 0 atom stereocenters. The number of nitriles is 1. The van der Waals surface area contributed by atoms with Gasteiger partial charge >= 0.3 is 12.3 Å². The van der Waals surface area contributed by atoms with Crippen LogP contribution >= 0.6 is 0 Å². The zero-order chi connectivity index (χ0) is 25.9. The van der Waals surface area contributed by atoms with Crippen molar-refractivity contribution in [1.82, 2.24) is 15.1 Å². The van der Waals surface area contributed by atoms with Crippen molar-refractivity contribution in [3.63, 3.8) is 0 Å². The van der Waals surface area contributed by atoms with Crippen LogP contribution in [0, 0.1) is 11.3 Å². The van der Waals surface area contributed by atoms with Gasteiger partial charge in [0.05, 0.1) is 31.3 Å². The summed E-state index contributed by atoms with van der Waals surface area (Å²) in [5.41, 5.74) is -2.31. The maximum atomic E-state index is 13.3. The molecule has 2 amide bonds. The number of alkyl halides is 3. The Kier molecular flexibility index (Phi) is 8.00. The fraction of sp³-hybridized carbons (Fsp3) is 0.640. The van der Waals surface area contributed by atoms with Crippen LogP contribution in [0.2, 0.25) is 0 Å². The van der Waals surface area contributed by atoms with E-state index in [1.807, 2.05) is 0 Å². The Balaban J connectivity index is 1.76. The molecule has 1 aliphatic carbocycles. The number of hydrogen-bond acceptors (Lipinski definition) is 5. The first-order chi connectivity index (χ1) is 16.3. The highest BCUT2D eigenvalue weighted by atomic mass is 19.4. The lowest BCUT2D eigenvalue weighted by Gasteiger charge is -2.51. The molecule has 1 N–H and O–H groups in total. The van der Waals surface area contributed by atoms with Crippen LogP contribution < -0.4 is 5.32 Å². The molecule has 0 bridgehead atoms. The predicted octanol–water partition coefficient (Wildman–Crippen LogP) is 4.47. The number of amides is 2. The minimum absolute atomic E-state index is 0.0150. The Labute approximate surface area is 204 Å². The van der Waals surface area contributed by atoms with Crippen molar-refractivity contribution in [2.45, 2.75) is 82.8 Å². The van der Waals surface area contributed by atoms with Crippen LogP contribution in [0.25, 0.3) is 0 Å². The van der Waals surface area contributed by atoms with E-state index >= 15 is 0 Å². The lowest BCUT2D eigenvalue weighted by molar-refractivity contribution is -0.142. The van der Waals surface area contributed by atoms with Crippen LogP contribution in [0.4, 0.5) is 18.0 Å². The fourth-order valence-electron chi connectivity index (χ4n) is 4.44. The zero-order valence-electron chi connectivity index (χ0n) is 20.5. The van der Waals surface area contributed by atoms with Gasteiger partial charge in [0, 0.05) is 12.6 Å². The lowest BCUT2D eigenvalue weighted by atomic mass is 9.88. The number of nitrogens with one attached hydrogen (secondary N) is 1. The first kappa shape index (κ1) is 26.8. The SMILES string of the molecule is CC(C)(C)OC(=O)N1CC(C#N)(N(Cc2ccc(C(F)(F)F)cc2)C(=O)CNC2CCCCC2)C1. The van der Waals surface area contributed by atoms with Crippen LogP contribution in [0.1, 0.15) is 64.0 Å². The Hall–Kier alpha value is -2.80. The van der Waals surface area contributed by atoms with Gasteiger partial charge in [0.1, 0.15) is 5.60 Å². The Morgan fingerprint density at radius 1 is 1.14 bits per heavy atom. The first-order valence-electron chi connectivity index (χ1n) is 11.9. The van der Waals surface area contributed by atoms with Gasteiger partial charge in [-0.3, -0.25) is 4.79 Å². The Morgan fingerprint density at radius 2 is 1.74 bits per heavy atom. The van der Waals surface area contributed by atoms with E-state index in [0.717, 1.165) is 37.8 Å². The highest BCUT2D eigenvalue weighted by Gasteiger charge is 2.53. The van der Waals surface area contributed by atoms with Crippen molar-refractivity contribution in [3.05, 3.63) is 35.4 Å². The minimum Gasteiger partial charge on any atom is -0.444 e. The van der Waals surface area contributed by atoms with Gasteiger partial charge in [-0.05, 0) is 51.3 Å². The highest BCUT2D eigenvalue weighted by molar-refractivity contribution is 5.81. The van der Waals surface area contributed by atoms with Crippen molar-refractivity contribution < 1.29 is 27.5 Å². The second kappa shape index (κ2) is 10.4. The molecule has 7 nitrogen and oxygen atoms in total. The molecule has 1 saturated carbocycles. The number of carbonyl (C=O) groups is 2. The summed E-state index contributed by atoms with van der Waals surface area (Å²) in [5, 5.41) is 13.3. The van der Waals surface area contributed by atoms with Crippen molar-refractivity contribution in [1.29, 1.82) is 5.26 Å². The third-order valence-electron chi connectivity index (χ3n) is 6.35. The highest BCUT2D eigenvalue weighted by Crippen LogP contribution is 2.32. The molecule has 1 heterocycles. The molecule has 0 radical (unpaired) electrons. The molecule has 0 aromatic heterocycles. The average molecular weight is 495 g/mol. The second-order valence-electron chi connectivity index (χ2n) is 10.4. The Morgan fingerprint density at radius 3 is 2.26 bits per heavy atom. The largest absolute Gasteiger partial charge is 0.444 e. The summed E-state index contributed by atoms with van der Waals surface area (Å²) in [6.45, 7) is 5.11. The topological polar surface area (TPSA) is 85.7 Å². The molecule has 10 heteroatoms. The number of ether oxygens (including phenoxy) is 1. The third-order valence-corrected chi connectivity index (χ3v) is 6.35. The van der Waals surface area contributed by atoms with Crippen LogP contribution in [0.3, 0.4) is 0 Å². The minimum atomic E-state index is -4.46. The standard InChI is InChI=1S/C25H33F3N4O3/c1-23(2,3)35-22(34)31-16-24(15-29,17-31)32(21(33)13-30-20-7-5-4-6-8-20)14-18-9-11-19(12-10-18)25(26,27)28/h9-12,20,30H,4-8,13-14,16-17H2,1-3H3. The van der Waals surface area contributed by atoms with Crippen molar-refractivity contribution >= 4 is 12.0 Å². The predicted molar refractivity (Wildman–Crippen MR) is 123 cm³/mol.